The highest BCUT2D eigenvalue weighted by Crippen LogP contribution is 2.37. The van der Waals surface area contributed by atoms with Crippen LogP contribution in [0.4, 0.5) is 11.4 Å². The number of carbonyl (C=O) groups is 1. The Balaban J connectivity index is 1.44. The largest absolute Gasteiger partial charge is 0.476 e. The fourth-order valence-corrected chi connectivity index (χ4v) is 6.76. The SMILES string of the molecule is Cc1ccc(S(=O)(=O)N2C[C@@H](C(=O)Nc3ccc4c(c3)sc(=O)n4C(C)C)Oc3ccccc32)cc1. The summed E-state index contributed by atoms with van der Waals surface area (Å²) in [5.41, 5.74) is 2.62. The number of hydrogen-bond acceptors (Lipinski definition) is 6. The van der Waals surface area contributed by atoms with Crippen LogP contribution in [0.25, 0.3) is 10.2 Å². The number of rotatable bonds is 5. The Morgan fingerprint density at radius 2 is 1.81 bits per heavy atom. The number of nitrogens with one attached hydrogen (secondary N) is 1. The summed E-state index contributed by atoms with van der Waals surface area (Å²) in [4.78, 5) is 25.7. The first-order chi connectivity index (χ1) is 17.1. The maximum absolute atomic E-state index is 13.5. The quantitative estimate of drug-likeness (QED) is 0.414. The van der Waals surface area contributed by atoms with E-state index in [2.05, 4.69) is 5.32 Å². The van der Waals surface area contributed by atoms with Crippen molar-refractivity contribution in [3.8, 4) is 5.75 Å². The molecular weight excluding hydrogens is 498 g/mol. The van der Waals surface area contributed by atoms with Crippen molar-refractivity contribution in [3.63, 3.8) is 0 Å². The number of benzene rings is 3. The predicted octanol–water partition coefficient (Wildman–Crippen LogP) is 4.55. The number of amides is 1. The molecule has 0 aliphatic carbocycles. The molecule has 0 saturated carbocycles. The van der Waals surface area contributed by atoms with E-state index in [0.29, 0.717) is 17.1 Å². The Labute approximate surface area is 212 Å². The molecule has 0 saturated heterocycles. The lowest BCUT2D eigenvalue weighted by atomic mass is 10.2. The Bertz CT molecular complexity index is 1620. The average molecular weight is 524 g/mol. The standard InChI is InChI=1S/C26H25N3O5S2/c1-16(2)29-21-13-10-18(14-24(21)35-26(29)31)27-25(30)23-15-28(20-6-4-5-7-22(20)34-23)36(32,33)19-11-8-17(3)9-12-19/h4-14,16,23H,15H2,1-3H3,(H,27,30)/t23-/m0/s1. The number of thiazole rings is 1. The third kappa shape index (κ3) is 4.27. The van der Waals surface area contributed by atoms with Gasteiger partial charge in [-0.2, -0.15) is 0 Å². The van der Waals surface area contributed by atoms with Crippen LogP contribution in [0, 0.1) is 6.92 Å². The molecule has 1 aliphatic heterocycles. The highest BCUT2D eigenvalue weighted by Gasteiger charge is 2.37. The van der Waals surface area contributed by atoms with Crippen molar-refractivity contribution in [3.05, 3.63) is 82.0 Å². The lowest BCUT2D eigenvalue weighted by Gasteiger charge is -2.34. The summed E-state index contributed by atoms with van der Waals surface area (Å²) in [6, 6.07) is 18.6. The van der Waals surface area contributed by atoms with E-state index in [1.54, 1.807) is 71.3 Å². The first kappa shape index (κ1) is 24.1. The second-order valence-corrected chi connectivity index (χ2v) is 11.8. The Morgan fingerprint density at radius 1 is 1.08 bits per heavy atom. The molecule has 0 spiro atoms. The van der Waals surface area contributed by atoms with Gasteiger partial charge in [0.1, 0.15) is 5.75 Å². The van der Waals surface area contributed by atoms with Gasteiger partial charge in [0, 0.05) is 11.7 Å². The molecule has 3 aromatic carbocycles. The third-order valence-electron chi connectivity index (χ3n) is 6.03. The molecule has 0 unspecified atom stereocenters. The summed E-state index contributed by atoms with van der Waals surface area (Å²) >= 11 is 1.11. The first-order valence-electron chi connectivity index (χ1n) is 11.5. The minimum atomic E-state index is -3.93. The van der Waals surface area contributed by atoms with Gasteiger partial charge in [-0.15, -0.1) is 0 Å². The summed E-state index contributed by atoms with van der Waals surface area (Å²) in [6.45, 7) is 5.59. The molecule has 1 amide bonds. The second-order valence-electron chi connectivity index (χ2n) is 8.93. The monoisotopic (exact) mass is 523 g/mol. The molecule has 10 heteroatoms. The van der Waals surface area contributed by atoms with E-state index >= 15 is 0 Å². The van der Waals surface area contributed by atoms with Gasteiger partial charge in [0.15, 0.2) is 6.10 Å². The number of hydrogen-bond donors (Lipinski definition) is 1. The zero-order valence-electron chi connectivity index (χ0n) is 20.0. The average Bonchev–Trinajstić information content (AvgIpc) is 3.18. The number of carbonyl (C=O) groups excluding carboxylic acids is 1. The Hall–Kier alpha value is -3.63. The van der Waals surface area contributed by atoms with Crippen LogP contribution in [0.5, 0.6) is 5.75 Å². The molecule has 1 aliphatic rings. The molecule has 2 heterocycles. The van der Waals surface area contributed by atoms with Gasteiger partial charge in [-0.3, -0.25) is 18.5 Å². The smallest absolute Gasteiger partial charge is 0.308 e. The van der Waals surface area contributed by atoms with Crippen LogP contribution in [0.15, 0.2) is 76.4 Å². The van der Waals surface area contributed by atoms with Crippen LogP contribution in [-0.4, -0.2) is 31.5 Å². The van der Waals surface area contributed by atoms with Gasteiger partial charge in [-0.1, -0.05) is 41.2 Å². The lowest BCUT2D eigenvalue weighted by Crippen LogP contribution is -2.48. The highest BCUT2D eigenvalue weighted by atomic mass is 32.2. The molecule has 4 aromatic rings. The number of para-hydroxylation sites is 2. The van der Waals surface area contributed by atoms with E-state index in [4.69, 9.17) is 4.74 Å². The summed E-state index contributed by atoms with van der Waals surface area (Å²) in [5, 5.41) is 2.82. The minimum absolute atomic E-state index is 0.0175. The van der Waals surface area contributed by atoms with Crippen LogP contribution < -0.4 is 19.2 Å². The van der Waals surface area contributed by atoms with Crippen LogP contribution in [0.3, 0.4) is 0 Å². The molecule has 0 radical (unpaired) electrons. The van der Waals surface area contributed by atoms with Gasteiger partial charge in [-0.25, -0.2) is 8.42 Å². The number of aryl methyl sites for hydroxylation is 1. The van der Waals surface area contributed by atoms with Gasteiger partial charge < -0.3 is 10.1 Å². The molecule has 1 N–H and O–H groups in total. The number of fused-ring (bicyclic) bond motifs is 2. The predicted molar refractivity (Wildman–Crippen MR) is 142 cm³/mol. The molecule has 186 valence electrons. The topological polar surface area (TPSA) is 97.7 Å². The number of nitrogens with zero attached hydrogens (tertiary/aromatic N) is 2. The van der Waals surface area contributed by atoms with Crippen molar-refractivity contribution in [1.29, 1.82) is 0 Å². The zero-order chi connectivity index (χ0) is 25.6. The summed E-state index contributed by atoms with van der Waals surface area (Å²) < 4.78 is 36.7. The molecule has 8 nitrogen and oxygen atoms in total. The van der Waals surface area contributed by atoms with E-state index in [1.807, 2.05) is 20.8 Å². The van der Waals surface area contributed by atoms with E-state index in [1.165, 1.54) is 4.31 Å². The van der Waals surface area contributed by atoms with Crippen molar-refractivity contribution < 1.29 is 17.9 Å². The van der Waals surface area contributed by atoms with Gasteiger partial charge in [0.05, 0.1) is 27.3 Å². The first-order valence-corrected chi connectivity index (χ1v) is 13.7. The molecule has 0 fully saturated rings. The van der Waals surface area contributed by atoms with Crippen molar-refractivity contribution in [2.24, 2.45) is 0 Å². The van der Waals surface area contributed by atoms with E-state index in [0.717, 1.165) is 27.1 Å². The normalized spacial score (nSPS) is 15.6. The molecule has 0 bridgehead atoms. The minimum Gasteiger partial charge on any atom is -0.476 e. The van der Waals surface area contributed by atoms with E-state index in [9.17, 15) is 18.0 Å². The van der Waals surface area contributed by atoms with Gasteiger partial charge in [0.2, 0.25) is 0 Å². The number of aromatic nitrogens is 1. The van der Waals surface area contributed by atoms with E-state index in [-0.39, 0.29) is 22.4 Å². The maximum atomic E-state index is 13.5. The van der Waals surface area contributed by atoms with Gasteiger partial charge >= 0.3 is 4.87 Å². The second kappa shape index (κ2) is 9.11. The number of ether oxygens (including phenoxy) is 1. The fourth-order valence-electron chi connectivity index (χ4n) is 4.23. The van der Waals surface area contributed by atoms with Crippen molar-refractivity contribution >= 4 is 48.9 Å². The number of anilines is 2. The number of sulfonamides is 1. The fraction of sp³-hybridized carbons (Fsp3) is 0.231. The van der Waals surface area contributed by atoms with E-state index < -0.39 is 22.0 Å². The molecule has 36 heavy (non-hydrogen) atoms. The molecule has 1 atom stereocenters. The lowest BCUT2D eigenvalue weighted by molar-refractivity contribution is -0.122. The Morgan fingerprint density at radius 3 is 2.53 bits per heavy atom. The summed E-state index contributed by atoms with van der Waals surface area (Å²) in [6.07, 6.45) is -1.07. The zero-order valence-corrected chi connectivity index (χ0v) is 21.6. The maximum Gasteiger partial charge on any atom is 0.308 e. The Kier molecular flexibility index (Phi) is 6.09. The van der Waals surface area contributed by atoms with Crippen LogP contribution >= 0.6 is 11.3 Å². The third-order valence-corrected chi connectivity index (χ3v) is 8.75. The van der Waals surface area contributed by atoms with Crippen LogP contribution in [-0.2, 0) is 14.8 Å². The van der Waals surface area contributed by atoms with Crippen LogP contribution in [0.2, 0.25) is 0 Å². The molecular formula is C26H25N3O5S2. The molecule has 5 rings (SSSR count). The summed E-state index contributed by atoms with van der Waals surface area (Å²) in [5.74, 6) is -0.175. The highest BCUT2D eigenvalue weighted by molar-refractivity contribution is 7.92. The van der Waals surface area contributed by atoms with Crippen molar-refractivity contribution in [1.82, 2.24) is 4.57 Å². The van der Waals surface area contributed by atoms with Crippen LogP contribution in [0.1, 0.15) is 25.5 Å². The summed E-state index contributed by atoms with van der Waals surface area (Å²) in [7, 11) is -3.93. The molecule has 1 aromatic heterocycles. The van der Waals surface area contributed by atoms with Gasteiger partial charge in [0.25, 0.3) is 15.9 Å². The van der Waals surface area contributed by atoms with Crippen molar-refractivity contribution in [2.75, 3.05) is 16.2 Å². The van der Waals surface area contributed by atoms with Gasteiger partial charge in [-0.05, 0) is 63.2 Å². The van der Waals surface area contributed by atoms with Crippen molar-refractivity contribution in [2.45, 2.75) is 37.8 Å².